The number of amides is 2. The Balaban J connectivity index is 1.90. The molecule has 0 saturated carbocycles. The van der Waals surface area contributed by atoms with Crippen molar-refractivity contribution in [3.63, 3.8) is 0 Å². The van der Waals surface area contributed by atoms with Gasteiger partial charge in [-0.3, -0.25) is 9.59 Å². The van der Waals surface area contributed by atoms with Crippen LogP contribution < -0.4 is 5.32 Å². The zero-order valence-corrected chi connectivity index (χ0v) is 11.8. The molecule has 1 aromatic rings. The van der Waals surface area contributed by atoms with Gasteiger partial charge in [0.2, 0.25) is 5.91 Å². The van der Waals surface area contributed by atoms with Crippen molar-refractivity contribution in [1.82, 2.24) is 10.2 Å². The molecule has 0 spiro atoms. The average Bonchev–Trinajstić information content (AvgIpc) is 2.81. The maximum Gasteiger partial charge on any atom is 0.251 e. The summed E-state index contributed by atoms with van der Waals surface area (Å²) in [6.45, 7) is 4.75. The Hall–Kier alpha value is -1.88. The van der Waals surface area contributed by atoms with E-state index < -0.39 is 6.10 Å². The van der Waals surface area contributed by atoms with E-state index in [0.717, 1.165) is 11.1 Å². The molecule has 1 atom stereocenters. The van der Waals surface area contributed by atoms with E-state index in [2.05, 4.69) is 5.32 Å². The molecule has 1 fully saturated rings. The maximum absolute atomic E-state index is 12.0. The molecule has 1 saturated heterocycles. The van der Waals surface area contributed by atoms with E-state index in [-0.39, 0.29) is 18.4 Å². The van der Waals surface area contributed by atoms with Crippen LogP contribution in [0.1, 0.15) is 27.9 Å². The second-order valence-electron chi connectivity index (χ2n) is 5.34. The molecule has 0 aromatic heterocycles. The minimum Gasteiger partial charge on any atom is -0.391 e. The fourth-order valence-electron chi connectivity index (χ4n) is 2.44. The number of aliphatic hydroxyl groups excluding tert-OH is 1. The summed E-state index contributed by atoms with van der Waals surface area (Å²) in [6.07, 6.45) is 0.172. The first kappa shape index (κ1) is 14.5. The first-order valence-electron chi connectivity index (χ1n) is 6.78. The highest BCUT2D eigenvalue weighted by molar-refractivity contribution is 5.96. The Labute approximate surface area is 118 Å². The number of β-amino-alcohol motifs (C(OH)–C–C–N with tert-alkyl or cyclic N) is 1. The van der Waals surface area contributed by atoms with Crippen LogP contribution in [-0.4, -0.2) is 47.6 Å². The molecule has 1 aliphatic rings. The summed E-state index contributed by atoms with van der Waals surface area (Å²) in [5, 5.41) is 12.0. The normalized spacial score (nSPS) is 18.1. The van der Waals surface area contributed by atoms with Crippen LogP contribution in [0.5, 0.6) is 0 Å². The molecule has 5 nitrogen and oxygen atoms in total. The van der Waals surface area contributed by atoms with Gasteiger partial charge < -0.3 is 15.3 Å². The highest BCUT2D eigenvalue weighted by Crippen LogP contribution is 2.10. The summed E-state index contributed by atoms with van der Waals surface area (Å²) in [7, 11) is 0. The Kier molecular flexibility index (Phi) is 4.39. The number of nitrogens with one attached hydrogen (secondary N) is 1. The van der Waals surface area contributed by atoms with Gasteiger partial charge in [0.1, 0.15) is 0 Å². The van der Waals surface area contributed by atoms with Crippen molar-refractivity contribution in [2.24, 2.45) is 0 Å². The lowest BCUT2D eigenvalue weighted by Gasteiger charge is -2.16. The van der Waals surface area contributed by atoms with Gasteiger partial charge in [0, 0.05) is 18.7 Å². The number of nitrogens with zero attached hydrogens (tertiary/aromatic N) is 1. The number of benzene rings is 1. The summed E-state index contributed by atoms with van der Waals surface area (Å²) in [5.41, 5.74) is 2.60. The molecule has 2 N–H and O–H groups in total. The van der Waals surface area contributed by atoms with Crippen molar-refractivity contribution in [2.75, 3.05) is 19.6 Å². The molecular formula is C15H20N2O3. The highest BCUT2D eigenvalue weighted by atomic mass is 16.3. The van der Waals surface area contributed by atoms with E-state index in [1.54, 1.807) is 17.0 Å². The van der Waals surface area contributed by atoms with E-state index in [1.165, 1.54) is 0 Å². The SMILES string of the molecule is Cc1cc(C)cc(C(=O)NCC(=O)N2CC[C@H](O)C2)c1. The highest BCUT2D eigenvalue weighted by Gasteiger charge is 2.24. The van der Waals surface area contributed by atoms with Crippen molar-refractivity contribution in [2.45, 2.75) is 26.4 Å². The Morgan fingerprint density at radius 3 is 2.50 bits per heavy atom. The van der Waals surface area contributed by atoms with Gasteiger partial charge >= 0.3 is 0 Å². The zero-order valence-electron chi connectivity index (χ0n) is 11.8. The summed E-state index contributed by atoms with van der Waals surface area (Å²) < 4.78 is 0. The fraction of sp³-hybridized carbons (Fsp3) is 0.467. The van der Waals surface area contributed by atoms with Crippen LogP contribution in [0.3, 0.4) is 0 Å². The average molecular weight is 276 g/mol. The summed E-state index contributed by atoms with van der Waals surface area (Å²) >= 11 is 0. The smallest absolute Gasteiger partial charge is 0.251 e. The van der Waals surface area contributed by atoms with Gasteiger partial charge in [-0.1, -0.05) is 17.2 Å². The van der Waals surface area contributed by atoms with Gasteiger partial charge in [-0.15, -0.1) is 0 Å². The Morgan fingerprint density at radius 2 is 1.95 bits per heavy atom. The number of aliphatic hydroxyl groups is 1. The molecule has 5 heteroatoms. The standard InChI is InChI=1S/C15H20N2O3/c1-10-5-11(2)7-12(6-10)15(20)16-8-14(19)17-4-3-13(18)9-17/h5-7,13,18H,3-4,8-9H2,1-2H3,(H,16,20)/t13-/m0/s1. The molecule has 0 unspecified atom stereocenters. The Bertz CT molecular complexity index is 508. The lowest BCUT2D eigenvalue weighted by molar-refractivity contribution is -0.129. The summed E-state index contributed by atoms with van der Waals surface area (Å²) in [6, 6.07) is 5.59. The quantitative estimate of drug-likeness (QED) is 0.850. The lowest BCUT2D eigenvalue weighted by atomic mass is 10.1. The third-order valence-corrected chi connectivity index (χ3v) is 3.40. The first-order chi connectivity index (χ1) is 9.45. The van der Waals surface area contributed by atoms with Crippen LogP contribution in [0.4, 0.5) is 0 Å². The maximum atomic E-state index is 12.0. The van der Waals surface area contributed by atoms with E-state index >= 15 is 0 Å². The van der Waals surface area contributed by atoms with Crippen molar-refractivity contribution in [1.29, 1.82) is 0 Å². The van der Waals surface area contributed by atoms with Crippen molar-refractivity contribution in [3.8, 4) is 0 Å². The second kappa shape index (κ2) is 6.05. The van der Waals surface area contributed by atoms with Crippen LogP contribution >= 0.6 is 0 Å². The number of carbonyl (C=O) groups excluding carboxylic acids is 2. The number of hydrogen-bond donors (Lipinski definition) is 2. The number of aryl methyl sites for hydroxylation is 2. The van der Waals surface area contributed by atoms with Gasteiger partial charge in [0.25, 0.3) is 5.91 Å². The molecule has 2 amide bonds. The van der Waals surface area contributed by atoms with Crippen molar-refractivity contribution < 1.29 is 14.7 Å². The molecule has 20 heavy (non-hydrogen) atoms. The van der Waals surface area contributed by atoms with E-state index in [0.29, 0.717) is 25.1 Å². The first-order valence-corrected chi connectivity index (χ1v) is 6.78. The monoisotopic (exact) mass is 276 g/mol. The van der Waals surface area contributed by atoms with Gasteiger partial charge in [-0.05, 0) is 32.4 Å². The third kappa shape index (κ3) is 3.57. The molecule has 0 bridgehead atoms. The molecule has 1 heterocycles. The van der Waals surface area contributed by atoms with Gasteiger partial charge in [-0.25, -0.2) is 0 Å². The summed E-state index contributed by atoms with van der Waals surface area (Å²) in [5.74, 6) is -0.399. The van der Waals surface area contributed by atoms with E-state index in [4.69, 9.17) is 0 Å². The van der Waals surface area contributed by atoms with Crippen LogP contribution in [0.2, 0.25) is 0 Å². The van der Waals surface area contributed by atoms with Crippen LogP contribution in [0.15, 0.2) is 18.2 Å². The van der Waals surface area contributed by atoms with Gasteiger partial charge in [-0.2, -0.15) is 0 Å². The Morgan fingerprint density at radius 1 is 1.30 bits per heavy atom. The number of rotatable bonds is 3. The molecule has 2 rings (SSSR count). The topological polar surface area (TPSA) is 69.6 Å². The largest absolute Gasteiger partial charge is 0.391 e. The van der Waals surface area contributed by atoms with Crippen molar-refractivity contribution in [3.05, 3.63) is 34.9 Å². The number of carbonyl (C=O) groups is 2. The number of hydrogen-bond acceptors (Lipinski definition) is 3. The molecule has 0 radical (unpaired) electrons. The third-order valence-electron chi connectivity index (χ3n) is 3.40. The second-order valence-corrected chi connectivity index (χ2v) is 5.34. The predicted molar refractivity (Wildman–Crippen MR) is 75.5 cm³/mol. The molecule has 1 aliphatic heterocycles. The molecular weight excluding hydrogens is 256 g/mol. The predicted octanol–water partition coefficient (Wildman–Crippen LogP) is 0.626. The van der Waals surface area contributed by atoms with Crippen molar-refractivity contribution >= 4 is 11.8 Å². The van der Waals surface area contributed by atoms with E-state index in [9.17, 15) is 14.7 Å². The summed E-state index contributed by atoms with van der Waals surface area (Å²) in [4.78, 5) is 25.4. The zero-order chi connectivity index (χ0) is 14.7. The van der Waals surface area contributed by atoms with E-state index in [1.807, 2.05) is 19.9 Å². The van der Waals surface area contributed by atoms with Crippen LogP contribution in [0, 0.1) is 13.8 Å². The minimum absolute atomic E-state index is 0.0292. The van der Waals surface area contributed by atoms with Gasteiger partial charge in [0.05, 0.1) is 12.6 Å². The van der Waals surface area contributed by atoms with Crippen LogP contribution in [0.25, 0.3) is 0 Å². The van der Waals surface area contributed by atoms with Crippen LogP contribution in [-0.2, 0) is 4.79 Å². The molecule has 1 aromatic carbocycles. The number of likely N-dealkylation sites (tertiary alicyclic amines) is 1. The fourth-order valence-corrected chi connectivity index (χ4v) is 2.44. The molecule has 108 valence electrons. The van der Waals surface area contributed by atoms with Gasteiger partial charge in [0.15, 0.2) is 0 Å². The lowest BCUT2D eigenvalue weighted by Crippen LogP contribution is -2.39. The molecule has 0 aliphatic carbocycles. The minimum atomic E-state index is -0.436.